The van der Waals surface area contributed by atoms with E-state index in [1.165, 1.54) is 12.1 Å². The van der Waals surface area contributed by atoms with Crippen molar-refractivity contribution in [1.82, 2.24) is 4.98 Å². The minimum Gasteiger partial charge on any atom is -0.494 e. The number of halogens is 1. The van der Waals surface area contributed by atoms with Crippen LogP contribution in [0, 0.1) is 5.82 Å². The molecule has 138 valence electrons. The normalized spacial score (nSPS) is 11.6. The van der Waals surface area contributed by atoms with Crippen LogP contribution in [0.5, 0.6) is 5.75 Å². The van der Waals surface area contributed by atoms with E-state index in [9.17, 15) is 9.18 Å². The van der Waals surface area contributed by atoms with E-state index >= 15 is 0 Å². The molecule has 3 rings (SSSR count). The maximum Gasteiger partial charge on any atom is 0.232 e. The van der Waals surface area contributed by atoms with E-state index in [1.807, 2.05) is 31.2 Å². The Morgan fingerprint density at radius 2 is 1.85 bits per heavy atom. The van der Waals surface area contributed by atoms with Crippen molar-refractivity contribution < 1.29 is 13.9 Å². The summed E-state index contributed by atoms with van der Waals surface area (Å²) in [6, 6.07) is 17.0. The number of carbonyl (C=O) groups excluding carboxylic acids is 1. The lowest BCUT2D eigenvalue weighted by Crippen LogP contribution is -2.23. The summed E-state index contributed by atoms with van der Waals surface area (Å²) in [5.41, 5.74) is 2.37. The molecule has 1 aromatic heterocycles. The summed E-state index contributed by atoms with van der Waals surface area (Å²) in [7, 11) is 0. The highest BCUT2D eigenvalue weighted by atomic mass is 19.1. The maximum absolute atomic E-state index is 13.3. The topological polar surface area (TPSA) is 51.2 Å². The van der Waals surface area contributed by atoms with Crippen LogP contribution in [0.3, 0.4) is 0 Å². The number of nitrogens with zero attached hydrogens (tertiary/aromatic N) is 1. The van der Waals surface area contributed by atoms with Gasteiger partial charge in [-0.1, -0.05) is 18.2 Å². The summed E-state index contributed by atoms with van der Waals surface area (Å²) in [5, 5.41) is 2.94. The third kappa shape index (κ3) is 5.14. The Labute approximate surface area is 158 Å². The quantitative estimate of drug-likeness (QED) is 0.667. The van der Waals surface area contributed by atoms with Gasteiger partial charge in [0.25, 0.3) is 0 Å². The van der Waals surface area contributed by atoms with Gasteiger partial charge in [0.15, 0.2) is 0 Å². The van der Waals surface area contributed by atoms with Gasteiger partial charge in [0, 0.05) is 18.1 Å². The van der Waals surface area contributed by atoms with Crippen molar-refractivity contribution in [3.05, 3.63) is 90.0 Å². The summed E-state index contributed by atoms with van der Waals surface area (Å²) in [5.74, 6) is -0.192. The fraction of sp³-hybridized carbons (Fsp3) is 0.182. The Morgan fingerprint density at radius 3 is 2.48 bits per heavy atom. The molecule has 0 bridgehead atoms. The van der Waals surface area contributed by atoms with Gasteiger partial charge in [0.05, 0.1) is 12.5 Å². The average molecular weight is 364 g/mol. The predicted molar refractivity (Wildman–Crippen MR) is 103 cm³/mol. The number of hydrogen-bond acceptors (Lipinski definition) is 3. The molecule has 0 spiro atoms. The molecular formula is C22H21FN2O2. The van der Waals surface area contributed by atoms with Crippen molar-refractivity contribution in [3.63, 3.8) is 0 Å². The largest absolute Gasteiger partial charge is 0.494 e. The molecule has 0 aliphatic rings. The number of pyridine rings is 1. The molecule has 1 unspecified atom stereocenters. The molecule has 0 aliphatic heterocycles. The van der Waals surface area contributed by atoms with Gasteiger partial charge < -0.3 is 10.1 Å². The van der Waals surface area contributed by atoms with Gasteiger partial charge in [0.2, 0.25) is 5.91 Å². The van der Waals surface area contributed by atoms with Gasteiger partial charge in [-0.25, -0.2) is 4.39 Å². The lowest BCUT2D eigenvalue weighted by molar-refractivity contribution is -0.117. The van der Waals surface area contributed by atoms with E-state index in [0.29, 0.717) is 18.7 Å². The summed E-state index contributed by atoms with van der Waals surface area (Å²) >= 11 is 0. The van der Waals surface area contributed by atoms with Crippen molar-refractivity contribution in [2.45, 2.75) is 19.3 Å². The van der Waals surface area contributed by atoms with Gasteiger partial charge in [-0.2, -0.15) is 0 Å². The van der Waals surface area contributed by atoms with Gasteiger partial charge in [-0.3, -0.25) is 9.78 Å². The highest BCUT2D eigenvalue weighted by Crippen LogP contribution is 2.24. The van der Waals surface area contributed by atoms with E-state index in [0.717, 1.165) is 16.9 Å². The fourth-order valence-electron chi connectivity index (χ4n) is 2.84. The minimum atomic E-state index is -0.457. The molecule has 0 aliphatic carbocycles. The van der Waals surface area contributed by atoms with E-state index in [4.69, 9.17) is 4.74 Å². The monoisotopic (exact) mass is 364 g/mol. The number of hydrogen-bond donors (Lipinski definition) is 1. The van der Waals surface area contributed by atoms with Crippen LogP contribution in [0.1, 0.15) is 24.0 Å². The molecule has 0 saturated carbocycles. The number of anilines is 1. The number of rotatable bonds is 7. The number of nitrogens with one attached hydrogen (secondary N) is 1. The standard InChI is InChI=1S/C22H21FN2O2/c1-2-27-20-11-9-19(10-12-20)25-22(26)21(14-16-4-3-13-24-15-16)17-5-7-18(23)8-6-17/h3-13,15,21H,2,14H2,1H3,(H,25,26). The van der Waals surface area contributed by atoms with Crippen LogP contribution in [0.25, 0.3) is 0 Å². The second-order valence-electron chi connectivity index (χ2n) is 6.12. The zero-order valence-electron chi connectivity index (χ0n) is 15.1. The van der Waals surface area contributed by atoms with Crippen molar-refractivity contribution >= 4 is 11.6 Å². The van der Waals surface area contributed by atoms with Crippen molar-refractivity contribution in [2.75, 3.05) is 11.9 Å². The van der Waals surface area contributed by atoms with Crippen LogP contribution in [-0.2, 0) is 11.2 Å². The molecular weight excluding hydrogens is 343 g/mol. The first-order valence-corrected chi connectivity index (χ1v) is 8.84. The third-order valence-electron chi connectivity index (χ3n) is 4.18. The van der Waals surface area contributed by atoms with Crippen LogP contribution >= 0.6 is 0 Å². The van der Waals surface area contributed by atoms with E-state index < -0.39 is 5.92 Å². The summed E-state index contributed by atoms with van der Waals surface area (Å²) < 4.78 is 18.7. The second kappa shape index (κ2) is 8.94. The van der Waals surface area contributed by atoms with E-state index in [1.54, 1.807) is 36.7 Å². The fourth-order valence-corrected chi connectivity index (χ4v) is 2.84. The van der Waals surface area contributed by atoms with Crippen LogP contribution < -0.4 is 10.1 Å². The Hall–Kier alpha value is -3.21. The number of ether oxygens (including phenoxy) is 1. The molecule has 4 nitrogen and oxygen atoms in total. The third-order valence-corrected chi connectivity index (χ3v) is 4.18. The molecule has 1 N–H and O–H groups in total. The van der Waals surface area contributed by atoms with E-state index in [-0.39, 0.29) is 11.7 Å². The van der Waals surface area contributed by atoms with Gasteiger partial charge in [0.1, 0.15) is 11.6 Å². The zero-order valence-corrected chi connectivity index (χ0v) is 15.1. The Bertz CT molecular complexity index is 865. The van der Waals surface area contributed by atoms with Crippen molar-refractivity contribution in [3.8, 4) is 5.75 Å². The van der Waals surface area contributed by atoms with Gasteiger partial charge in [-0.15, -0.1) is 0 Å². The van der Waals surface area contributed by atoms with Gasteiger partial charge in [-0.05, 0) is 66.9 Å². The summed E-state index contributed by atoms with van der Waals surface area (Å²) in [4.78, 5) is 17.1. The summed E-state index contributed by atoms with van der Waals surface area (Å²) in [6.45, 7) is 2.50. The Balaban J connectivity index is 1.80. The number of carbonyl (C=O) groups is 1. The van der Waals surface area contributed by atoms with Gasteiger partial charge >= 0.3 is 0 Å². The van der Waals surface area contributed by atoms with Crippen molar-refractivity contribution in [1.29, 1.82) is 0 Å². The summed E-state index contributed by atoms with van der Waals surface area (Å²) in [6.07, 6.45) is 3.90. The number of amides is 1. The molecule has 1 atom stereocenters. The predicted octanol–water partition coefficient (Wildman–Crippen LogP) is 4.58. The molecule has 5 heteroatoms. The lowest BCUT2D eigenvalue weighted by atomic mass is 9.91. The highest BCUT2D eigenvalue weighted by Gasteiger charge is 2.21. The van der Waals surface area contributed by atoms with Crippen LogP contribution in [0.4, 0.5) is 10.1 Å². The lowest BCUT2D eigenvalue weighted by Gasteiger charge is -2.18. The second-order valence-corrected chi connectivity index (χ2v) is 6.12. The Kier molecular flexibility index (Phi) is 6.15. The number of aromatic nitrogens is 1. The van der Waals surface area contributed by atoms with Crippen LogP contribution in [0.2, 0.25) is 0 Å². The van der Waals surface area contributed by atoms with Crippen LogP contribution in [-0.4, -0.2) is 17.5 Å². The first kappa shape index (κ1) is 18.6. The zero-order chi connectivity index (χ0) is 19.1. The first-order valence-electron chi connectivity index (χ1n) is 8.84. The highest BCUT2D eigenvalue weighted by molar-refractivity contribution is 5.96. The number of benzene rings is 2. The molecule has 27 heavy (non-hydrogen) atoms. The molecule has 1 heterocycles. The SMILES string of the molecule is CCOc1ccc(NC(=O)C(Cc2cccnc2)c2ccc(F)cc2)cc1. The molecule has 0 fully saturated rings. The first-order chi connectivity index (χ1) is 13.2. The Morgan fingerprint density at radius 1 is 1.11 bits per heavy atom. The molecule has 2 aromatic carbocycles. The van der Waals surface area contributed by atoms with Crippen molar-refractivity contribution in [2.24, 2.45) is 0 Å². The minimum absolute atomic E-state index is 0.158. The maximum atomic E-state index is 13.3. The average Bonchev–Trinajstić information content (AvgIpc) is 2.69. The molecule has 0 radical (unpaired) electrons. The molecule has 3 aromatic rings. The molecule has 0 saturated heterocycles. The smallest absolute Gasteiger partial charge is 0.232 e. The van der Waals surface area contributed by atoms with Crippen LogP contribution in [0.15, 0.2) is 73.1 Å². The molecule has 1 amide bonds. The van der Waals surface area contributed by atoms with E-state index in [2.05, 4.69) is 10.3 Å².